The van der Waals surface area contributed by atoms with E-state index < -0.39 is 49.9 Å². The second-order valence-corrected chi connectivity index (χ2v) is 12.6. The molecule has 0 radical (unpaired) electrons. The van der Waals surface area contributed by atoms with Crippen LogP contribution in [0.5, 0.6) is 0 Å². The molecule has 0 N–H and O–H groups in total. The third kappa shape index (κ3) is 6.28. The first-order valence-corrected chi connectivity index (χ1v) is 13.9. The molecule has 0 atom stereocenters. The van der Waals surface area contributed by atoms with Gasteiger partial charge in [0.1, 0.15) is 21.0 Å². The van der Waals surface area contributed by atoms with Crippen molar-refractivity contribution in [2.24, 2.45) is 0 Å². The Morgan fingerprint density at radius 2 is 1.80 bits per heavy atom. The number of hydrogen-bond acceptors (Lipinski definition) is 8. The number of pyridine rings is 1. The maximum Gasteiger partial charge on any atom is 0.493 e. The van der Waals surface area contributed by atoms with E-state index in [2.05, 4.69) is 30.9 Å². The summed E-state index contributed by atoms with van der Waals surface area (Å²) in [4.78, 5) is 21.4. The van der Waals surface area contributed by atoms with Crippen molar-refractivity contribution in [1.82, 2.24) is 15.0 Å². The van der Waals surface area contributed by atoms with E-state index >= 15 is 0 Å². The van der Waals surface area contributed by atoms with Gasteiger partial charge in [0.2, 0.25) is 5.82 Å². The molecule has 1 aliphatic heterocycles. The number of alkyl halides is 3. The highest BCUT2D eigenvalue weighted by atomic mass is 79.9. The number of rotatable bonds is 6. The van der Waals surface area contributed by atoms with Crippen molar-refractivity contribution < 1.29 is 44.5 Å². The Morgan fingerprint density at radius 1 is 1.15 bits per heavy atom. The van der Waals surface area contributed by atoms with Crippen molar-refractivity contribution in [2.45, 2.75) is 56.8 Å². The Morgan fingerprint density at radius 3 is 2.38 bits per heavy atom. The fraction of sp³-hybridized carbons (Fsp3) is 0.375. The summed E-state index contributed by atoms with van der Waals surface area (Å²) in [6, 6.07) is 4.27. The summed E-state index contributed by atoms with van der Waals surface area (Å²) in [5.41, 5.74) is 0.529. The summed E-state index contributed by atoms with van der Waals surface area (Å²) >= 11 is 3.09. The molecule has 0 unspecified atom stereocenters. The molecule has 0 amide bonds. The van der Waals surface area contributed by atoms with Gasteiger partial charge in [0.25, 0.3) is 10.0 Å². The zero-order valence-corrected chi connectivity index (χ0v) is 23.6. The normalized spacial score (nSPS) is 14.6. The molecular formula is C24H22BrF5N4O5S. The lowest BCUT2D eigenvalue weighted by Gasteiger charge is -2.29. The molecule has 3 aromatic rings. The Bertz CT molecular complexity index is 1540. The van der Waals surface area contributed by atoms with Crippen molar-refractivity contribution in [1.29, 1.82) is 0 Å². The van der Waals surface area contributed by atoms with E-state index in [0.29, 0.717) is 29.8 Å². The molecule has 1 aromatic carbocycles. The van der Waals surface area contributed by atoms with Gasteiger partial charge in [-0.05, 0) is 45.3 Å². The summed E-state index contributed by atoms with van der Waals surface area (Å²) in [6.07, 6.45) is -4.23. The lowest BCUT2D eigenvalue weighted by molar-refractivity contribution is -0.199. The molecule has 40 heavy (non-hydrogen) atoms. The summed E-state index contributed by atoms with van der Waals surface area (Å²) in [7, 11) is -5.03. The molecule has 3 heterocycles. The van der Waals surface area contributed by atoms with E-state index in [-0.39, 0.29) is 27.8 Å². The minimum Gasteiger partial charge on any atom is -0.357 e. The third-order valence-electron chi connectivity index (χ3n) is 5.81. The molecule has 0 saturated carbocycles. The van der Waals surface area contributed by atoms with Crippen LogP contribution in [0.3, 0.4) is 0 Å². The molecule has 9 nitrogen and oxygen atoms in total. The molecule has 0 bridgehead atoms. The summed E-state index contributed by atoms with van der Waals surface area (Å²) < 4.78 is 98.4. The molecular weight excluding hydrogens is 631 g/mol. The summed E-state index contributed by atoms with van der Waals surface area (Å²) in [5.74, 6) is -4.95. The number of sulfonamides is 1. The highest BCUT2D eigenvalue weighted by Gasteiger charge is 2.46. The van der Waals surface area contributed by atoms with E-state index in [1.807, 2.05) is 0 Å². The second-order valence-electron chi connectivity index (χ2n) is 10.0. The number of nitrogens with zero attached hydrogens (tertiary/aromatic N) is 4. The first kappa shape index (κ1) is 29.9. The minimum atomic E-state index is -5.53. The molecule has 1 aliphatic rings. The minimum absolute atomic E-state index is 0.0822. The van der Waals surface area contributed by atoms with Crippen molar-refractivity contribution in [2.75, 3.05) is 11.0 Å². The average Bonchev–Trinajstić information content (AvgIpc) is 3.21. The van der Waals surface area contributed by atoms with Crippen LogP contribution in [0.25, 0.3) is 0 Å². The Labute approximate surface area is 234 Å². The van der Waals surface area contributed by atoms with Gasteiger partial charge in [0.15, 0.2) is 5.76 Å². The molecule has 0 aliphatic carbocycles. The van der Waals surface area contributed by atoms with Crippen molar-refractivity contribution in [3.05, 3.63) is 69.2 Å². The van der Waals surface area contributed by atoms with Crippen LogP contribution in [0.15, 0.2) is 44.4 Å². The van der Waals surface area contributed by atoms with Crippen molar-refractivity contribution in [3.63, 3.8) is 0 Å². The van der Waals surface area contributed by atoms with E-state index in [1.54, 1.807) is 25.7 Å². The fourth-order valence-electron chi connectivity index (χ4n) is 3.98. The van der Waals surface area contributed by atoms with E-state index in [0.717, 1.165) is 12.3 Å². The van der Waals surface area contributed by atoms with Crippen molar-refractivity contribution in [3.8, 4) is 0 Å². The Balaban J connectivity index is 1.70. The lowest BCUT2D eigenvalue weighted by Crippen LogP contribution is -2.39. The maximum atomic E-state index is 13.6. The first-order valence-electron chi connectivity index (χ1n) is 11.6. The predicted molar refractivity (Wildman–Crippen MR) is 133 cm³/mol. The smallest absolute Gasteiger partial charge is 0.357 e. The molecule has 2 aromatic heterocycles. The van der Waals surface area contributed by atoms with Gasteiger partial charge in [-0.1, -0.05) is 30.4 Å². The van der Waals surface area contributed by atoms with E-state index in [4.69, 9.17) is 4.52 Å². The zero-order valence-electron chi connectivity index (χ0n) is 21.2. The maximum absolute atomic E-state index is 13.6. The number of fused-ring (bicyclic) bond motifs is 1. The summed E-state index contributed by atoms with van der Waals surface area (Å²) in [6.45, 7) is 5.75. The van der Waals surface area contributed by atoms with Crippen LogP contribution in [0.1, 0.15) is 43.4 Å². The van der Waals surface area contributed by atoms with Crippen LogP contribution in [0, 0.1) is 11.6 Å². The monoisotopic (exact) mass is 652 g/mol. The highest BCUT2D eigenvalue weighted by Crippen LogP contribution is 2.39. The van der Waals surface area contributed by atoms with Crippen LogP contribution in [0.2, 0.25) is 0 Å². The number of hydrogen-bond donors (Lipinski definition) is 0. The number of carbonyl (C=O) groups is 1. The van der Waals surface area contributed by atoms with Crippen LogP contribution < -0.4 is 4.47 Å². The number of aromatic nitrogens is 2. The van der Waals surface area contributed by atoms with Crippen LogP contribution in [0.4, 0.5) is 27.8 Å². The Hall–Kier alpha value is -3.11. The van der Waals surface area contributed by atoms with Crippen LogP contribution in [-0.2, 0) is 44.6 Å². The molecule has 0 saturated heterocycles. The molecule has 4 rings (SSSR count). The van der Waals surface area contributed by atoms with Gasteiger partial charge in [-0.15, -0.1) is 0 Å². The van der Waals surface area contributed by atoms with Gasteiger partial charge in [0, 0.05) is 49.4 Å². The number of anilines is 1. The zero-order chi connectivity index (χ0) is 29.6. The SMILES string of the molecule is CC(C)(C)c1onc(N(OC(=O)C(F)(F)F)S(=O)(=O)c2cnc3c(c2)CN(Cc2cc(F)cc(F)c2)CC3)c1Br. The molecule has 0 spiro atoms. The molecule has 216 valence electrons. The van der Waals surface area contributed by atoms with Gasteiger partial charge >= 0.3 is 12.1 Å². The number of benzene rings is 1. The molecule has 0 fully saturated rings. The van der Waals surface area contributed by atoms with Crippen molar-refractivity contribution >= 4 is 37.7 Å². The van der Waals surface area contributed by atoms with Crippen LogP contribution in [-0.4, -0.2) is 42.1 Å². The fourth-order valence-corrected chi connectivity index (χ4v) is 6.18. The summed E-state index contributed by atoms with van der Waals surface area (Å²) in [5, 5.41) is 3.56. The Kier molecular flexibility index (Phi) is 7.99. The van der Waals surface area contributed by atoms with Gasteiger partial charge in [-0.25, -0.2) is 13.6 Å². The number of halogens is 6. The topological polar surface area (TPSA) is 106 Å². The van der Waals surface area contributed by atoms with Gasteiger partial charge < -0.3 is 9.36 Å². The largest absolute Gasteiger partial charge is 0.493 e. The van der Waals surface area contributed by atoms with Gasteiger partial charge in [-0.3, -0.25) is 9.88 Å². The second kappa shape index (κ2) is 10.7. The van der Waals surface area contributed by atoms with Crippen LogP contribution >= 0.6 is 15.9 Å². The average molecular weight is 653 g/mol. The van der Waals surface area contributed by atoms with E-state index in [1.165, 1.54) is 18.2 Å². The standard InChI is InChI=1S/C24H22BrF5N4O5S/c1-23(2,3)20-19(25)21(32-38-20)34(39-22(35)24(28,29)30)40(36,37)17-8-14-12-33(5-4-18(14)31-10-17)11-13-6-15(26)9-16(27)7-13/h6-10H,4-5,11-12H2,1-3H3. The van der Waals surface area contributed by atoms with E-state index in [9.17, 15) is 35.2 Å². The molecule has 16 heteroatoms. The highest BCUT2D eigenvalue weighted by molar-refractivity contribution is 9.10. The third-order valence-corrected chi connectivity index (χ3v) is 8.03. The van der Waals surface area contributed by atoms with Gasteiger partial charge in [0.05, 0.1) is 0 Å². The lowest BCUT2D eigenvalue weighted by atomic mass is 9.93. The quantitative estimate of drug-likeness (QED) is 0.265. The number of carbonyl (C=O) groups excluding carboxylic acids is 1. The predicted octanol–water partition coefficient (Wildman–Crippen LogP) is 5.18. The first-order chi connectivity index (χ1) is 18.5. The van der Waals surface area contributed by atoms with Gasteiger partial charge in [-0.2, -0.15) is 21.6 Å².